The maximum atomic E-state index is 13.1. The number of likely N-dealkylation sites (tertiary alicyclic amines) is 1. The third kappa shape index (κ3) is 4.46. The molecule has 1 N–H and O–H groups in total. The van der Waals surface area contributed by atoms with E-state index in [9.17, 15) is 9.59 Å². The molecule has 2 amide bonds. The Morgan fingerprint density at radius 1 is 1.16 bits per heavy atom. The molecule has 4 rings (SSSR count). The van der Waals surface area contributed by atoms with Crippen LogP contribution in [0.1, 0.15) is 58.9 Å². The van der Waals surface area contributed by atoms with Crippen LogP contribution in [0.25, 0.3) is 5.52 Å². The SMILES string of the molecule is CCOCCCNC(=O)c1nc([C@H]2CCCN2C(=O)c2ccccc2)n2ccccc12. The number of pyridine rings is 1. The number of hydrogen-bond donors (Lipinski definition) is 1. The Morgan fingerprint density at radius 3 is 2.77 bits per heavy atom. The predicted octanol–water partition coefficient (Wildman–Crippen LogP) is 3.47. The summed E-state index contributed by atoms with van der Waals surface area (Å²) in [6.07, 6.45) is 4.39. The van der Waals surface area contributed by atoms with Crippen LogP contribution in [-0.2, 0) is 4.74 Å². The highest BCUT2D eigenvalue weighted by atomic mass is 16.5. The fraction of sp³-hybridized carbons (Fsp3) is 0.375. The largest absolute Gasteiger partial charge is 0.382 e. The molecule has 0 unspecified atom stereocenters. The first-order valence-corrected chi connectivity index (χ1v) is 10.9. The van der Waals surface area contributed by atoms with Crippen molar-refractivity contribution in [3.63, 3.8) is 0 Å². The molecule has 3 aromatic rings. The zero-order valence-electron chi connectivity index (χ0n) is 17.8. The van der Waals surface area contributed by atoms with Crippen LogP contribution in [0, 0.1) is 0 Å². The Hall–Kier alpha value is -3.19. The highest BCUT2D eigenvalue weighted by Crippen LogP contribution is 2.33. The molecule has 0 bridgehead atoms. The molecule has 7 nitrogen and oxygen atoms in total. The third-order valence-corrected chi connectivity index (χ3v) is 5.58. The topological polar surface area (TPSA) is 75.9 Å². The number of ether oxygens (including phenoxy) is 1. The monoisotopic (exact) mass is 420 g/mol. The van der Waals surface area contributed by atoms with Gasteiger partial charge in [0.25, 0.3) is 11.8 Å². The number of benzene rings is 1. The number of imidazole rings is 1. The molecule has 3 heterocycles. The van der Waals surface area contributed by atoms with Gasteiger partial charge in [-0.05, 0) is 50.5 Å². The van der Waals surface area contributed by atoms with E-state index >= 15 is 0 Å². The summed E-state index contributed by atoms with van der Waals surface area (Å²) in [5.41, 5.74) is 1.81. The van der Waals surface area contributed by atoms with Crippen LogP contribution in [0.5, 0.6) is 0 Å². The molecule has 162 valence electrons. The molecule has 0 radical (unpaired) electrons. The van der Waals surface area contributed by atoms with Crippen LogP contribution in [0.15, 0.2) is 54.7 Å². The quantitative estimate of drug-likeness (QED) is 0.566. The number of carbonyl (C=O) groups is 2. The van der Waals surface area contributed by atoms with Gasteiger partial charge in [0.15, 0.2) is 5.69 Å². The molecule has 31 heavy (non-hydrogen) atoms. The van der Waals surface area contributed by atoms with Crippen molar-refractivity contribution < 1.29 is 14.3 Å². The Bertz CT molecular complexity index is 1050. The normalized spacial score (nSPS) is 16.0. The van der Waals surface area contributed by atoms with Crippen molar-refractivity contribution in [2.45, 2.75) is 32.2 Å². The minimum atomic E-state index is -0.203. The smallest absolute Gasteiger partial charge is 0.272 e. The number of amides is 2. The Labute approximate surface area is 182 Å². The van der Waals surface area contributed by atoms with E-state index in [1.807, 2.05) is 71.0 Å². The minimum absolute atomic E-state index is 0.00212. The van der Waals surface area contributed by atoms with E-state index in [0.29, 0.717) is 37.6 Å². The molecule has 7 heteroatoms. The zero-order valence-corrected chi connectivity index (χ0v) is 17.8. The van der Waals surface area contributed by atoms with Crippen LogP contribution in [-0.4, -0.2) is 52.4 Å². The lowest BCUT2D eigenvalue weighted by molar-refractivity contribution is 0.0729. The van der Waals surface area contributed by atoms with Crippen molar-refractivity contribution in [3.05, 3.63) is 71.8 Å². The third-order valence-electron chi connectivity index (χ3n) is 5.58. The maximum absolute atomic E-state index is 13.1. The van der Waals surface area contributed by atoms with Gasteiger partial charge in [-0.15, -0.1) is 0 Å². The maximum Gasteiger partial charge on any atom is 0.272 e. The molecule has 1 saturated heterocycles. The molecule has 0 spiro atoms. The highest BCUT2D eigenvalue weighted by Gasteiger charge is 2.34. The van der Waals surface area contributed by atoms with Crippen LogP contribution in [0.3, 0.4) is 0 Å². The van der Waals surface area contributed by atoms with Crippen LogP contribution in [0.2, 0.25) is 0 Å². The van der Waals surface area contributed by atoms with Crippen LogP contribution >= 0.6 is 0 Å². The molecule has 0 saturated carbocycles. The van der Waals surface area contributed by atoms with Crippen molar-refractivity contribution >= 4 is 17.3 Å². The van der Waals surface area contributed by atoms with E-state index in [1.54, 1.807) is 0 Å². The van der Waals surface area contributed by atoms with Gasteiger partial charge >= 0.3 is 0 Å². The number of aromatic nitrogens is 2. The van der Waals surface area contributed by atoms with E-state index in [-0.39, 0.29) is 17.9 Å². The van der Waals surface area contributed by atoms with Gasteiger partial charge in [-0.25, -0.2) is 4.98 Å². The van der Waals surface area contributed by atoms with E-state index in [0.717, 1.165) is 30.6 Å². The summed E-state index contributed by atoms with van der Waals surface area (Å²) in [7, 11) is 0. The van der Waals surface area contributed by atoms with Crippen LogP contribution in [0.4, 0.5) is 0 Å². The lowest BCUT2D eigenvalue weighted by Gasteiger charge is -2.24. The second-order valence-electron chi connectivity index (χ2n) is 7.60. The second-order valence-corrected chi connectivity index (χ2v) is 7.60. The van der Waals surface area contributed by atoms with E-state index in [4.69, 9.17) is 9.72 Å². The Morgan fingerprint density at radius 2 is 1.97 bits per heavy atom. The van der Waals surface area contributed by atoms with Gasteiger partial charge in [0, 0.05) is 38.1 Å². The van der Waals surface area contributed by atoms with Crippen molar-refractivity contribution in [3.8, 4) is 0 Å². The van der Waals surface area contributed by atoms with Crippen LogP contribution < -0.4 is 5.32 Å². The summed E-state index contributed by atoms with van der Waals surface area (Å²) in [6.45, 7) is 4.44. The first kappa shape index (κ1) is 21.1. The average molecular weight is 421 g/mol. The summed E-state index contributed by atoms with van der Waals surface area (Å²) < 4.78 is 7.27. The molecule has 1 aliphatic rings. The second kappa shape index (κ2) is 9.75. The molecule has 1 aliphatic heterocycles. The molecule has 1 aromatic carbocycles. The lowest BCUT2D eigenvalue weighted by Crippen LogP contribution is -2.31. The Kier molecular flexibility index (Phi) is 6.62. The van der Waals surface area contributed by atoms with Gasteiger partial charge in [0.2, 0.25) is 0 Å². The summed E-state index contributed by atoms with van der Waals surface area (Å²) in [6, 6.07) is 14.9. The van der Waals surface area contributed by atoms with E-state index in [1.165, 1.54) is 0 Å². The molecule has 1 atom stereocenters. The summed E-state index contributed by atoms with van der Waals surface area (Å²) in [5, 5.41) is 2.94. The van der Waals surface area contributed by atoms with Crippen molar-refractivity contribution in [1.29, 1.82) is 0 Å². The molecular weight excluding hydrogens is 392 g/mol. The molecule has 0 aliphatic carbocycles. The average Bonchev–Trinajstić information content (AvgIpc) is 3.44. The molecular formula is C24H28N4O3. The van der Waals surface area contributed by atoms with Gasteiger partial charge in [-0.1, -0.05) is 24.3 Å². The Balaban J connectivity index is 1.59. The lowest BCUT2D eigenvalue weighted by atomic mass is 10.1. The fourth-order valence-electron chi connectivity index (χ4n) is 4.09. The van der Waals surface area contributed by atoms with Crippen molar-refractivity contribution in [1.82, 2.24) is 19.6 Å². The number of nitrogens with zero attached hydrogens (tertiary/aromatic N) is 3. The van der Waals surface area contributed by atoms with Crippen molar-refractivity contribution in [2.75, 3.05) is 26.3 Å². The summed E-state index contributed by atoms with van der Waals surface area (Å²) in [4.78, 5) is 32.6. The summed E-state index contributed by atoms with van der Waals surface area (Å²) in [5.74, 6) is 0.528. The first-order chi connectivity index (χ1) is 15.2. The summed E-state index contributed by atoms with van der Waals surface area (Å²) >= 11 is 0. The highest BCUT2D eigenvalue weighted by molar-refractivity contribution is 5.99. The van der Waals surface area contributed by atoms with Crippen molar-refractivity contribution in [2.24, 2.45) is 0 Å². The van der Waals surface area contributed by atoms with Gasteiger partial charge in [-0.2, -0.15) is 0 Å². The number of hydrogen-bond acceptors (Lipinski definition) is 4. The number of rotatable bonds is 8. The molecule has 2 aromatic heterocycles. The standard InChI is InChI=1S/C24H28N4O3/c1-2-31-17-9-14-25-23(29)21-19-12-6-7-15-27(19)22(26-21)20-13-8-16-28(20)24(30)18-10-4-3-5-11-18/h3-7,10-12,15,20H,2,8-9,13-14,16-17H2,1H3,(H,25,29)/t20-/m1/s1. The number of carbonyl (C=O) groups excluding carboxylic acids is 2. The van der Waals surface area contributed by atoms with E-state index in [2.05, 4.69) is 5.32 Å². The predicted molar refractivity (Wildman–Crippen MR) is 118 cm³/mol. The van der Waals surface area contributed by atoms with Gasteiger partial charge in [0.05, 0.1) is 11.6 Å². The number of nitrogens with one attached hydrogen (secondary N) is 1. The first-order valence-electron chi connectivity index (χ1n) is 10.9. The van der Waals surface area contributed by atoms with Gasteiger partial charge in [-0.3, -0.25) is 9.59 Å². The minimum Gasteiger partial charge on any atom is -0.382 e. The number of fused-ring (bicyclic) bond motifs is 1. The molecule has 1 fully saturated rings. The van der Waals surface area contributed by atoms with Gasteiger partial charge < -0.3 is 19.4 Å². The van der Waals surface area contributed by atoms with E-state index < -0.39 is 0 Å². The zero-order chi connectivity index (χ0) is 21.6. The van der Waals surface area contributed by atoms with Gasteiger partial charge in [0.1, 0.15) is 5.82 Å². The fourth-order valence-corrected chi connectivity index (χ4v) is 4.09.